The van der Waals surface area contributed by atoms with Crippen LogP contribution in [0.2, 0.25) is 0 Å². The Labute approximate surface area is 146 Å². The quantitative estimate of drug-likeness (QED) is 0.830. The van der Waals surface area contributed by atoms with Crippen LogP contribution in [0.15, 0.2) is 35.2 Å². The Morgan fingerprint density at radius 2 is 1.84 bits per heavy atom. The molecule has 0 aliphatic heterocycles. The minimum absolute atomic E-state index is 0.222. The second-order valence-corrected chi connectivity index (χ2v) is 5.54. The molecule has 0 spiro atoms. The molecular weight excluding hydrogens is 357 g/mol. The molecule has 0 radical (unpaired) electrons. The number of rotatable bonds is 5. The number of amides is 1. The topological polar surface area (TPSA) is 79.3 Å². The van der Waals surface area contributed by atoms with Gasteiger partial charge in [0.25, 0.3) is 5.91 Å². The van der Waals surface area contributed by atoms with Crippen molar-refractivity contribution >= 4 is 23.2 Å². The Morgan fingerprint density at radius 3 is 2.28 bits per heavy atom. The zero-order chi connectivity index (χ0) is 18.9. The lowest BCUT2D eigenvalue weighted by Crippen LogP contribution is -2.27. The van der Waals surface area contributed by atoms with E-state index in [1.54, 1.807) is 36.7 Å². The van der Waals surface area contributed by atoms with Crippen molar-refractivity contribution < 1.29 is 27.9 Å². The van der Waals surface area contributed by atoms with Gasteiger partial charge in [-0.3, -0.25) is 9.59 Å². The first-order valence-electron chi connectivity index (χ1n) is 7.28. The highest BCUT2D eigenvalue weighted by Crippen LogP contribution is 2.20. The van der Waals surface area contributed by atoms with E-state index in [-0.39, 0.29) is 6.42 Å². The molecule has 0 aliphatic rings. The van der Waals surface area contributed by atoms with Crippen LogP contribution in [0.1, 0.15) is 30.1 Å². The van der Waals surface area contributed by atoms with E-state index in [2.05, 4.69) is 10.3 Å². The lowest BCUT2D eigenvalue weighted by Gasteiger charge is -2.08. The third-order valence-corrected chi connectivity index (χ3v) is 3.46. The molecule has 0 fully saturated rings. The first kappa shape index (κ1) is 20.6. The maximum absolute atomic E-state index is 12.0. The second kappa shape index (κ2) is 9.77. The minimum atomic E-state index is -4.26. The molecule has 0 aliphatic carbocycles. The Kier molecular flexibility index (Phi) is 8.06. The molecule has 0 atom stereocenters. The van der Waals surface area contributed by atoms with Crippen molar-refractivity contribution in [1.82, 2.24) is 10.3 Å². The summed E-state index contributed by atoms with van der Waals surface area (Å²) in [6.07, 6.45) is -5.07. The lowest BCUT2D eigenvalue weighted by atomic mass is 10.1. The van der Waals surface area contributed by atoms with Crippen molar-refractivity contribution in [1.29, 1.82) is 0 Å². The van der Waals surface area contributed by atoms with E-state index in [4.69, 9.17) is 5.11 Å². The van der Waals surface area contributed by atoms with Crippen LogP contribution in [0.4, 0.5) is 13.2 Å². The monoisotopic (exact) mass is 374 g/mol. The molecule has 0 bridgehead atoms. The number of halogens is 3. The molecule has 0 saturated carbocycles. The Morgan fingerprint density at radius 1 is 1.24 bits per heavy atom. The van der Waals surface area contributed by atoms with E-state index < -0.39 is 31.0 Å². The number of aromatic nitrogens is 1. The van der Waals surface area contributed by atoms with Gasteiger partial charge < -0.3 is 10.4 Å². The molecule has 0 saturated heterocycles. The summed E-state index contributed by atoms with van der Waals surface area (Å²) in [6.45, 7) is 1.18. The number of carboxylic acid groups (broad SMARTS) is 1. The third-order valence-electron chi connectivity index (χ3n) is 2.87. The van der Waals surface area contributed by atoms with Crippen LogP contribution in [0.3, 0.4) is 0 Å². The van der Waals surface area contributed by atoms with Crippen molar-refractivity contribution in [3.8, 4) is 11.3 Å². The Bertz CT molecular complexity index is 671. The number of hydrogen-bond acceptors (Lipinski definition) is 4. The highest BCUT2D eigenvalue weighted by molar-refractivity contribution is 7.07. The molecule has 1 aromatic carbocycles. The molecule has 136 valence electrons. The number of aliphatic carboxylic acids is 1. The van der Waals surface area contributed by atoms with E-state index in [1.165, 1.54) is 11.3 Å². The zero-order valence-electron chi connectivity index (χ0n) is 13.3. The molecule has 1 amide bonds. The van der Waals surface area contributed by atoms with Crippen LogP contribution >= 0.6 is 11.3 Å². The average molecular weight is 374 g/mol. The van der Waals surface area contributed by atoms with E-state index in [0.29, 0.717) is 5.56 Å². The number of carbonyl (C=O) groups excluding carboxylic acids is 1. The van der Waals surface area contributed by atoms with Crippen molar-refractivity contribution in [2.45, 2.75) is 25.9 Å². The molecule has 1 heterocycles. The summed E-state index contributed by atoms with van der Waals surface area (Å²) in [5.41, 5.74) is 3.69. The first-order chi connectivity index (χ1) is 11.7. The molecule has 2 N–H and O–H groups in total. The maximum atomic E-state index is 12.0. The predicted molar refractivity (Wildman–Crippen MR) is 88.5 cm³/mol. The van der Waals surface area contributed by atoms with Gasteiger partial charge in [0.05, 0.1) is 17.6 Å². The smallest absolute Gasteiger partial charge is 0.390 e. The fourth-order valence-corrected chi connectivity index (χ4v) is 2.13. The van der Waals surface area contributed by atoms with Gasteiger partial charge in [0.1, 0.15) is 0 Å². The molecule has 9 heteroatoms. The van der Waals surface area contributed by atoms with E-state index in [1.807, 2.05) is 5.38 Å². The average Bonchev–Trinajstić information content (AvgIpc) is 3.08. The second-order valence-electron chi connectivity index (χ2n) is 4.82. The molecule has 5 nitrogen and oxygen atoms in total. The first-order valence-corrected chi connectivity index (χ1v) is 8.22. The van der Waals surface area contributed by atoms with Crippen molar-refractivity contribution in [2.75, 3.05) is 6.54 Å². The van der Waals surface area contributed by atoms with Crippen LogP contribution in [0, 0.1) is 0 Å². The van der Waals surface area contributed by atoms with Crippen LogP contribution in [0.5, 0.6) is 0 Å². The van der Waals surface area contributed by atoms with Gasteiger partial charge in [-0.05, 0) is 12.1 Å². The maximum Gasteiger partial charge on any atom is 0.390 e. The van der Waals surface area contributed by atoms with Crippen molar-refractivity contribution in [3.63, 3.8) is 0 Å². The summed E-state index contributed by atoms with van der Waals surface area (Å²) in [4.78, 5) is 25.1. The van der Waals surface area contributed by atoms with Crippen molar-refractivity contribution in [3.05, 3.63) is 40.7 Å². The fourth-order valence-electron chi connectivity index (χ4n) is 1.57. The predicted octanol–water partition coefficient (Wildman–Crippen LogP) is 3.97. The molecule has 2 aromatic rings. The molecule has 1 aromatic heterocycles. The number of carbonyl (C=O) groups is 2. The van der Waals surface area contributed by atoms with E-state index in [9.17, 15) is 22.8 Å². The summed E-state index contributed by atoms with van der Waals surface area (Å²) in [5, 5.41) is 11.8. The third kappa shape index (κ3) is 8.30. The lowest BCUT2D eigenvalue weighted by molar-refractivity contribution is -0.136. The normalized spacial score (nSPS) is 10.6. The number of nitrogens with one attached hydrogen (secondary N) is 1. The van der Waals surface area contributed by atoms with Crippen LogP contribution in [-0.2, 0) is 4.79 Å². The van der Waals surface area contributed by atoms with E-state index in [0.717, 1.165) is 11.3 Å². The standard InChI is InChI=1S/C13H11F3N2OS.C3H6O2/c14-13(15,16)5-6-17-12(19)10-3-1-9(2-4-10)11-7-20-8-18-11;1-2-3(4)5/h1-4,7-8H,5-6H2,(H,17,19);2H2,1H3,(H,4,5). The zero-order valence-corrected chi connectivity index (χ0v) is 14.2. The summed E-state index contributed by atoms with van der Waals surface area (Å²) < 4.78 is 35.9. The fraction of sp³-hybridized carbons (Fsp3) is 0.312. The summed E-state index contributed by atoms with van der Waals surface area (Å²) >= 11 is 1.46. The number of nitrogens with zero attached hydrogens (tertiary/aromatic N) is 1. The van der Waals surface area contributed by atoms with E-state index >= 15 is 0 Å². The van der Waals surface area contributed by atoms with Gasteiger partial charge in [0.2, 0.25) is 0 Å². The summed E-state index contributed by atoms with van der Waals surface area (Å²) in [7, 11) is 0. The van der Waals surface area contributed by atoms with Gasteiger partial charge >= 0.3 is 12.1 Å². The summed E-state index contributed by atoms with van der Waals surface area (Å²) in [5.74, 6) is -1.26. The van der Waals surface area contributed by atoms with Crippen LogP contribution < -0.4 is 5.32 Å². The summed E-state index contributed by atoms with van der Waals surface area (Å²) in [6, 6.07) is 6.57. The highest BCUT2D eigenvalue weighted by Gasteiger charge is 2.26. The van der Waals surface area contributed by atoms with Crippen LogP contribution in [0.25, 0.3) is 11.3 Å². The number of hydrogen-bond donors (Lipinski definition) is 2. The minimum Gasteiger partial charge on any atom is -0.481 e. The number of thiazole rings is 1. The molecule has 0 unspecified atom stereocenters. The number of benzene rings is 1. The Balaban J connectivity index is 0.000000550. The SMILES string of the molecule is CCC(=O)O.O=C(NCCC(F)(F)F)c1ccc(-c2cscn2)cc1. The van der Waals surface area contributed by atoms with Crippen LogP contribution in [-0.4, -0.2) is 34.7 Å². The van der Waals surface area contributed by atoms with Gasteiger partial charge in [0.15, 0.2) is 0 Å². The van der Waals surface area contributed by atoms with Gasteiger partial charge in [-0.1, -0.05) is 19.1 Å². The largest absolute Gasteiger partial charge is 0.481 e. The Hall–Kier alpha value is -2.42. The number of carboxylic acids is 1. The van der Waals surface area contributed by atoms with Gasteiger partial charge in [-0.25, -0.2) is 4.98 Å². The van der Waals surface area contributed by atoms with Gasteiger partial charge in [-0.15, -0.1) is 11.3 Å². The van der Waals surface area contributed by atoms with Gasteiger partial charge in [-0.2, -0.15) is 13.2 Å². The van der Waals surface area contributed by atoms with Gasteiger partial charge in [0, 0.05) is 29.5 Å². The highest BCUT2D eigenvalue weighted by atomic mass is 32.1. The molecular formula is C16H17F3N2O3S. The van der Waals surface area contributed by atoms with Crippen molar-refractivity contribution in [2.24, 2.45) is 0 Å². The molecule has 2 rings (SSSR count). The molecule has 25 heavy (non-hydrogen) atoms. The number of alkyl halides is 3.